The molecular formula is C14H17N3O3S. The number of thiocarbonyl (C=S) groups is 1. The van der Waals surface area contributed by atoms with E-state index < -0.39 is 5.97 Å². The third kappa shape index (κ3) is 4.24. The summed E-state index contributed by atoms with van der Waals surface area (Å²) >= 11 is 4.83. The van der Waals surface area contributed by atoms with Gasteiger partial charge in [0.15, 0.2) is 5.11 Å². The number of carboxylic acid groups (broad SMARTS) is 1. The maximum atomic E-state index is 11.3. The topological polar surface area (TPSA) is 90.5 Å². The number of hydrogen-bond acceptors (Lipinski definition) is 4. The van der Waals surface area contributed by atoms with E-state index >= 15 is 0 Å². The third-order valence-electron chi connectivity index (χ3n) is 3.27. The van der Waals surface area contributed by atoms with Crippen molar-refractivity contribution in [2.75, 3.05) is 6.54 Å². The van der Waals surface area contributed by atoms with Gasteiger partial charge in [0.2, 0.25) is 0 Å². The normalized spacial score (nSPS) is 23.8. The molecule has 4 N–H and O–H groups in total. The highest BCUT2D eigenvalue weighted by molar-refractivity contribution is 7.80. The second-order valence-corrected chi connectivity index (χ2v) is 5.20. The lowest BCUT2D eigenvalue weighted by atomic mass is 10.1. The fourth-order valence-electron chi connectivity index (χ4n) is 2.19. The molecule has 1 aromatic rings. The van der Waals surface area contributed by atoms with E-state index in [1.165, 1.54) is 0 Å². The van der Waals surface area contributed by atoms with Crippen LogP contribution in [0.3, 0.4) is 0 Å². The maximum absolute atomic E-state index is 11.3. The molecule has 21 heavy (non-hydrogen) atoms. The molecule has 1 unspecified atom stereocenters. The van der Waals surface area contributed by atoms with E-state index in [1.54, 1.807) is 0 Å². The van der Waals surface area contributed by atoms with Gasteiger partial charge in [-0.15, -0.1) is 0 Å². The lowest BCUT2D eigenvalue weighted by Gasteiger charge is -2.06. The van der Waals surface area contributed by atoms with Crippen molar-refractivity contribution >= 4 is 29.2 Å². The minimum atomic E-state index is -0.720. The average molecular weight is 307 g/mol. The Morgan fingerprint density at radius 1 is 1.29 bits per heavy atom. The molecule has 7 heteroatoms. The molecule has 0 spiro atoms. The number of hydrogen-bond donors (Lipinski definition) is 4. The van der Waals surface area contributed by atoms with Crippen molar-refractivity contribution in [1.29, 1.82) is 0 Å². The van der Waals surface area contributed by atoms with Crippen LogP contribution >= 0.6 is 12.2 Å². The van der Waals surface area contributed by atoms with Crippen LogP contribution in [0.4, 0.5) is 0 Å². The molecule has 2 heterocycles. The standard InChI is InChI=1S/C9H8N2OS.C5H9NO2/c12-8-7(10-9(13)11-8)6-4-2-1-3-5-6;7-5(8)4-2-1-3-6-4/h1-5,7H,(H2,10,11,12,13);4,6H,1-3H2,(H,7,8)/t;4-/m.0/s1. The number of carboxylic acids is 1. The van der Waals surface area contributed by atoms with E-state index in [0.717, 1.165) is 24.9 Å². The SMILES string of the molecule is O=C(O)[C@@H]1CCCN1.O=C1NC(=S)NC1c1ccccc1. The number of benzene rings is 1. The molecule has 0 saturated carbocycles. The van der Waals surface area contributed by atoms with Crippen molar-refractivity contribution in [3.63, 3.8) is 0 Å². The molecule has 2 fully saturated rings. The second-order valence-electron chi connectivity index (χ2n) is 4.79. The van der Waals surface area contributed by atoms with Gasteiger partial charge < -0.3 is 21.1 Å². The highest BCUT2D eigenvalue weighted by Crippen LogP contribution is 2.15. The van der Waals surface area contributed by atoms with Crippen molar-refractivity contribution in [2.24, 2.45) is 0 Å². The minimum absolute atomic E-state index is 0.0869. The summed E-state index contributed by atoms with van der Waals surface area (Å²) in [6.45, 7) is 0.858. The van der Waals surface area contributed by atoms with Crippen LogP contribution in [0.15, 0.2) is 30.3 Å². The predicted molar refractivity (Wildman–Crippen MR) is 81.7 cm³/mol. The predicted octanol–water partition coefficient (Wildman–Crippen LogP) is 0.555. The molecule has 0 radical (unpaired) electrons. The van der Waals surface area contributed by atoms with Gasteiger partial charge in [0.05, 0.1) is 0 Å². The van der Waals surface area contributed by atoms with Crippen LogP contribution < -0.4 is 16.0 Å². The minimum Gasteiger partial charge on any atom is -0.480 e. The Morgan fingerprint density at radius 2 is 2.00 bits per heavy atom. The van der Waals surface area contributed by atoms with Crippen molar-refractivity contribution < 1.29 is 14.7 Å². The smallest absolute Gasteiger partial charge is 0.320 e. The van der Waals surface area contributed by atoms with Gasteiger partial charge in [-0.25, -0.2) is 0 Å². The van der Waals surface area contributed by atoms with E-state index in [2.05, 4.69) is 16.0 Å². The number of amides is 1. The first-order valence-corrected chi connectivity index (χ1v) is 7.11. The number of nitrogens with one attached hydrogen (secondary N) is 3. The number of aliphatic carboxylic acids is 1. The average Bonchev–Trinajstić information content (AvgIpc) is 3.10. The molecule has 3 rings (SSSR count). The van der Waals surface area contributed by atoms with E-state index in [1.807, 2.05) is 30.3 Å². The van der Waals surface area contributed by atoms with Crippen molar-refractivity contribution in [3.8, 4) is 0 Å². The van der Waals surface area contributed by atoms with Crippen LogP contribution in [0.25, 0.3) is 0 Å². The highest BCUT2D eigenvalue weighted by atomic mass is 32.1. The molecular weight excluding hydrogens is 290 g/mol. The Labute approximate surface area is 127 Å². The van der Waals surface area contributed by atoms with Gasteiger partial charge in [-0.2, -0.15) is 0 Å². The number of carbonyl (C=O) groups is 2. The molecule has 6 nitrogen and oxygen atoms in total. The zero-order chi connectivity index (χ0) is 15.2. The Balaban J connectivity index is 0.000000173. The summed E-state index contributed by atoms with van der Waals surface area (Å²) in [5, 5.41) is 17.0. The fraction of sp³-hybridized carbons (Fsp3) is 0.357. The van der Waals surface area contributed by atoms with Gasteiger partial charge in [0.25, 0.3) is 5.91 Å². The molecule has 2 atom stereocenters. The lowest BCUT2D eigenvalue weighted by molar-refractivity contribution is -0.139. The Kier molecular flexibility index (Phi) is 5.24. The Hall–Kier alpha value is -1.99. The highest BCUT2D eigenvalue weighted by Gasteiger charge is 2.27. The molecule has 2 aliphatic rings. The summed E-state index contributed by atoms with van der Waals surface area (Å²) < 4.78 is 0. The molecule has 112 valence electrons. The van der Waals surface area contributed by atoms with Crippen molar-refractivity contribution in [3.05, 3.63) is 35.9 Å². The molecule has 1 aromatic carbocycles. The van der Waals surface area contributed by atoms with E-state index in [0.29, 0.717) is 5.11 Å². The molecule has 2 aliphatic heterocycles. The first kappa shape index (κ1) is 15.4. The van der Waals surface area contributed by atoms with Crippen LogP contribution in [0.1, 0.15) is 24.4 Å². The summed E-state index contributed by atoms with van der Waals surface area (Å²) in [4.78, 5) is 21.5. The summed E-state index contributed by atoms with van der Waals surface area (Å²) in [6, 6.07) is 8.89. The van der Waals surface area contributed by atoms with Gasteiger partial charge >= 0.3 is 5.97 Å². The number of rotatable bonds is 2. The molecule has 0 aliphatic carbocycles. The maximum Gasteiger partial charge on any atom is 0.320 e. The summed E-state index contributed by atoms with van der Waals surface area (Å²) in [6.07, 6.45) is 1.78. The zero-order valence-electron chi connectivity index (χ0n) is 11.3. The quantitative estimate of drug-likeness (QED) is 0.597. The largest absolute Gasteiger partial charge is 0.480 e. The van der Waals surface area contributed by atoms with Crippen molar-refractivity contribution in [2.45, 2.75) is 24.9 Å². The fourth-order valence-corrected chi connectivity index (χ4v) is 2.41. The van der Waals surface area contributed by atoms with E-state index in [4.69, 9.17) is 17.3 Å². The van der Waals surface area contributed by atoms with Crippen LogP contribution in [0.2, 0.25) is 0 Å². The van der Waals surface area contributed by atoms with Crippen molar-refractivity contribution in [1.82, 2.24) is 16.0 Å². The summed E-state index contributed by atoms with van der Waals surface area (Å²) in [5.74, 6) is -0.807. The monoisotopic (exact) mass is 307 g/mol. The van der Waals surface area contributed by atoms with Crippen LogP contribution in [0.5, 0.6) is 0 Å². The Morgan fingerprint density at radius 3 is 2.43 bits per heavy atom. The Bertz CT molecular complexity index is 530. The first-order valence-electron chi connectivity index (χ1n) is 6.70. The number of carbonyl (C=O) groups excluding carboxylic acids is 1. The van der Waals surface area contributed by atoms with Gasteiger partial charge in [0.1, 0.15) is 12.1 Å². The van der Waals surface area contributed by atoms with Gasteiger partial charge in [0, 0.05) is 0 Å². The molecule has 0 aromatic heterocycles. The third-order valence-corrected chi connectivity index (χ3v) is 3.49. The van der Waals surface area contributed by atoms with Crippen LogP contribution in [-0.2, 0) is 9.59 Å². The van der Waals surface area contributed by atoms with Crippen LogP contribution in [0, 0.1) is 0 Å². The van der Waals surface area contributed by atoms with Gasteiger partial charge in [-0.3, -0.25) is 9.59 Å². The first-order chi connectivity index (χ1) is 10.1. The molecule has 2 saturated heterocycles. The molecule has 0 bridgehead atoms. The zero-order valence-corrected chi connectivity index (χ0v) is 12.2. The van der Waals surface area contributed by atoms with Gasteiger partial charge in [-0.1, -0.05) is 30.3 Å². The van der Waals surface area contributed by atoms with E-state index in [-0.39, 0.29) is 18.0 Å². The lowest BCUT2D eigenvalue weighted by Crippen LogP contribution is -2.29. The molecule has 1 amide bonds. The van der Waals surface area contributed by atoms with E-state index in [9.17, 15) is 9.59 Å². The van der Waals surface area contributed by atoms with Crippen LogP contribution in [-0.4, -0.2) is 34.7 Å². The second kappa shape index (κ2) is 7.14. The summed E-state index contributed by atoms with van der Waals surface area (Å²) in [7, 11) is 0. The van der Waals surface area contributed by atoms with Gasteiger partial charge in [-0.05, 0) is 37.2 Å². The summed E-state index contributed by atoms with van der Waals surface area (Å²) in [5.41, 5.74) is 0.930.